The van der Waals surface area contributed by atoms with Gasteiger partial charge in [0.1, 0.15) is 0 Å². The van der Waals surface area contributed by atoms with Gasteiger partial charge in [0.15, 0.2) is 11.5 Å². The molecule has 1 aromatic heterocycles. The van der Waals surface area contributed by atoms with Crippen LogP contribution < -0.4 is 14.4 Å². The number of carbonyl (C=O) groups is 1. The minimum Gasteiger partial charge on any atom is -0.493 e. The topological polar surface area (TPSA) is 71.9 Å². The third-order valence-electron chi connectivity index (χ3n) is 6.13. The van der Waals surface area contributed by atoms with Crippen LogP contribution >= 0.6 is 0 Å². The number of hydrogen-bond donors (Lipinski definition) is 1. The second-order valence-electron chi connectivity index (χ2n) is 8.31. The zero-order chi connectivity index (χ0) is 23.2. The van der Waals surface area contributed by atoms with E-state index in [-0.39, 0.29) is 6.10 Å². The zero-order valence-corrected chi connectivity index (χ0v) is 19.2. The number of ether oxygens (including phenoxy) is 2. The Morgan fingerprint density at radius 2 is 1.85 bits per heavy atom. The van der Waals surface area contributed by atoms with Crippen LogP contribution in [0, 0.1) is 0 Å². The normalized spacial score (nSPS) is 13.6. The van der Waals surface area contributed by atoms with E-state index in [9.17, 15) is 9.90 Å². The Labute approximate surface area is 194 Å². The lowest BCUT2D eigenvalue weighted by atomic mass is 10.0. The van der Waals surface area contributed by atoms with Gasteiger partial charge in [-0.3, -0.25) is 4.98 Å². The summed E-state index contributed by atoms with van der Waals surface area (Å²) in [6.45, 7) is 2.55. The molecule has 6 heteroatoms. The minimum atomic E-state index is -0.908. The van der Waals surface area contributed by atoms with Crippen molar-refractivity contribution >= 4 is 17.3 Å². The lowest BCUT2D eigenvalue weighted by Crippen LogP contribution is -2.18. The second kappa shape index (κ2) is 10.4. The molecule has 0 atom stereocenters. The molecule has 0 aliphatic heterocycles. The van der Waals surface area contributed by atoms with Crippen LogP contribution in [0.25, 0.3) is 0 Å². The van der Waals surface area contributed by atoms with Gasteiger partial charge in [0, 0.05) is 36.4 Å². The average molecular weight is 447 g/mol. The fraction of sp³-hybridized carbons (Fsp3) is 0.333. The molecule has 0 saturated heterocycles. The third-order valence-corrected chi connectivity index (χ3v) is 6.13. The minimum absolute atomic E-state index is 0.211. The molecule has 1 aliphatic carbocycles. The molecule has 172 valence electrons. The molecule has 4 rings (SSSR count). The Hall–Kier alpha value is -3.54. The van der Waals surface area contributed by atoms with E-state index >= 15 is 0 Å². The van der Waals surface area contributed by atoms with E-state index in [1.807, 2.05) is 55.6 Å². The maximum atomic E-state index is 11.7. The zero-order valence-electron chi connectivity index (χ0n) is 19.2. The number of pyridine rings is 1. The van der Waals surface area contributed by atoms with Crippen LogP contribution in [0.4, 0.5) is 11.4 Å². The van der Waals surface area contributed by atoms with Crippen molar-refractivity contribution in [3.63, 3.8) is 0 Å². The van der Waals surface area contributed by atoms with E-state index < -0.39 is 5.97 Å². The van der Waals surface area contributed by atoms with Gasteiger partial charge < -0.3 is 19.5 Å². The fourth-order valence-corrected chi connectivity index (χ4v) is 4.37. The van der Waals surface area contributed by atoms with E-state index in [0.717, 1.165) is 41.1 Å². The summed E-state index contributed by atoms with van der Waals surface area (Å²) < 4.78 is 11.9. The number of carboxylic acids is 1. The van der Waals surface area contributed by atoms with Crippen molar-refractivity contribution in [3.8, 4) is 11.5 Å². The molecule has 0 unspecified atom stereocenters. The Kier molecular flexibility index (Phi) is 7.13. The largest absolute Gasteiger partial charge is 0.493 e. The molecule has 6 nitrogen and oxygen atoms in total. The summed E-state index contributed by atoms with van der Waals surface area (Å²) >= 11 is 0. The fourth-order valence-electron chi connectivity index (χ4n) is 4.37. The molecule has 33 heavy (non-hydrogen) atoms. The number of aromatic nitrogens is 1. The van der Waals surface area contributed by atoms with Gasteiger partial charge >= 0.3 is 5.97 Å². The number of aromatic carboxylic acids is 1. The monoisotopic (exact) mass is 446 g/mol. The van der Waals surface area contributed by atoms with Gasteiger partial charge in [0.2, 0.25) is 0 Å². The number of nitrogens with zero attached hydrogens (tertiary/aromatic N) is 2. The first-order chi connectivity index (χ1) is 16.1. The lowest BCUT2D eigenvalue weighted by Gasteiger charge is -2.27. The summed E-state index contributed by atoms with van der Waals surface area (Å²) in [4.78, 5) is 18.1. The number of carboxylic acid groups (broad SMARTS) is 1. The van der Waals surface area contributed by atoms with Crippen LogP contribution in [0.15, 0.2) is 60.9 Å². The highest BCUT2D eigenvalue weighted by atomic mass is 16.5. The van der Waals surface area contributed by atoms with Crippen molar-refractivity contribution in [3.05, 3.63) is 77.6 Å². The quantitative estimate of drug-likeness (QED) is 0.434. The SMILES string of the molecule is CCc1cc(N(Cc2cccnc2)c2ccc(OC)c(OC3CCCC3)c2)ccc1C(=O)O. The van der Waals surface area contributed by atoms with Gasteiger partial charge in [-0.1, -0.05) is 13.0 Å². The van der Waals surface area contributed by atoms with E-state index in [1.54, 1.807) is 19.4 Å². The smallest absolute Gasteiger partial charge is 0.335 e. The van der Waals surface area contributed by atoms with E-state index in [4.69, 9.17) is 9.47 Å². The molecule has 0 radical (unpaired) electrons. The maximum absolute atomic E-state index is 11.7. The molecule has 1 N–H and O–H groups in total. The van der Waals surface area contributed by atoms with Crippen LogP contribution in [-0.4, -0.2) is 29.3 Å². The highest BCUT2D eigenvalue weighted by molar-refractivity contribution is 5.90. The number of anilines is 2. The molecule has 1 aliphatic rings. The number of aryl methyl sites for hydroxylation is 1. The summed E-state index contributed by atoms with van der Waals surface area (Å²) in [5.41, 5.74) is 4.04. The van der Waals surface area contributed by atoms with Crippen LogP contribution in [0.2, 0.25) is 0 Å². The third kappa shape index (κ3) is 5.28. The molecular weight excluding hydrogens is 416 g/mol. The molecule has 2 aromatic carbocycles. The van der Waals surface area contributed by atoms with Crippen molar-refractivity contribution in [2.24, 2.45) is 0 Å². The molecule has 0 bridgehead atoms. The molecule has 3 aromatic rings. The van der Waals surface area contributed by atoms with Crippen molar-refractivity contribution < 1.29 is 19.4 Å². The van der Waals surface area contributed by atoms with Gasteiger partial charge in [-0.2, -0.15) is 0 Å². The summed E-state index contributed by atoms with van der Waals surface area (Å²) in [5.74, 6) is 0.535. The maximum Gasteiger partial charge on any atom is 0.335 e. The van der Waals surface area contributed by atoms with Gasteiger partial charge in [0.05, 0.1) is 18.8 Å². The first-order valence-corrected chi connectivity index (χ1v) is 11.5. The van der Waals surface area contributed by atoms with E-state index in [1.165, 1.54) is 12.8 Å². The van der Waals surface area contributed by atoms with Crippen LogP contribution in [-0.2, 0) is 13.0 Å². The van der Waals surface area contributed by atoms with Crippen molar-refractivity contribution in [2.45, 2.75) is 51.7 Å². The van der Waals surface area contributed by atoms with Crippen molar-refractivity contribution in [2.75, 3.05) is 12.0 Å². The van der Waals surface area contributed by atoms with Gasteiger partial charge in [-0.05, 0) is 79.6 Å². The molecule has 0 spiro atoms. The molecule has 0 amide bonds. The molecule has 1 heterocycles. The highest BCUT2D eigenvalue weighted by Gasteiger charge is 2.21. The van der Waals surface area contributed by atoms with Crippen molar-refractivity contribution in [1.82, 2.24) is 4.98 Å². The first kappa shape index (κ1) is 22.6. The number of hydrogen-bond acceptors (Lipinski definition) is 5. The van der Waals surface area contributed by atoms with Gasteiger partial charge in [-0.25, -0.2) is 4.79 Å². The average Bonchev–Trinajstić information content (AvgIpc) is 3.36. The number of methoxy groups -OCH3 is 1. The summed E-state index contributed by atoms with van der Waals surface area (Å²) in [6.07, 6.45) is 8.94. The Morgan fingerprint density at radius 1 is 1.09 bits per heavy atom. The Bertz CT molecular complexity index is 1090. The van der Waals surface area contributed by atoms with Crippen LogP contribution in [0.3, 0.4) is 0 Å². The highest BCUT2D eigenvalue weighted by Crippen LogP contribution is 2.38. The Morgan fingerprint density at radius 3 is 2.52 bits per heavy atom. The predicted molar refractivity (Wildman–Crippen MR) is 129 cm³/mol. The summed E-state index contributed by atoms with van der Waals surface area (Å²) in [5, 5.41) is 9.56. The van der Waals surface area contributed by atoms with E-state index in [0.29, 0.717) is 24.3 Å². The molecule has 1 fully saturated rings. The second-order valence-corrected chi connectivity index (χ2v) is 8.31. The molecular formula is C27H30N2O4. The van der Waals surface area contributed by atoms with Gasteiger partial charge in [0.25, 0.3) is 0 Å². The number of benzene rings is 2. The van der Waals surface area contributed by atoms with E-state index in [2.05, 4.69) is 9.88 Å². The lowest BCUT2D eigenvalue weighted by molar-refractivity contribution is 0.0695. The molecule has 1 saturated carbocycles. The summed E-state index contributed by atoms with van der Waals surface area (Å²) in [7, 11) is 1.65. The van der Waals surface area contributed by atoms with Gasteiger partial charge in [-0.15, -0.1) is 0 Å². The standard InChI is InChI=1S/C27H30N2O4/c1-3-20-15-21(10-12-24(20)27(30)31)29(18-19-7-6-14-28-17-19)22-11-13-25(32-2)26(16-22)33-23-8-4-5-9-23/h6-7,10-17,23H,3-5,8-9,18H2,1-2H3,(H,30,31). The Balaban J connectivity index is 1.75. The first-order valence-electron chi connectivity index (χ1n) is 11.5. The number of rotatable bonds is 9. The van der Waals surface area contributed by atoms with Crippen LogP contribution in [0.1, 0.15) is 54.1 Å². The van der Waals surface area contributed by atoms with Crippen LogP contribution in [0.5, 0.6) is 11.5 Å². The summed E-state index contributed by atoms with van der Waals surface area (Å²) in [6, 6.07) is 15.4. The predicted octanol–water partition coefficient (Wildman–Crippen LogP) is 6.01. The van der Waals surface area contributed by atoms with Crippen molar-refractivity contribution in [1.29, 1.82) is 0 Å².